The van der Waals surface area contributed by atoms with Gasteiger partial charge in [-0.25, -0.2) is 0 Å². The quantitative estimate of drug-likeness (QED) is 0.784. The minimum Gasteiger partial charge on any atom is -0.273 e. The molecule has 4 bridgehead atoms. The van der Waals surface area contributed by atoms with Crippen molar-refractivity contribution in [2.75, 3.05) is 0 Å². The molecule has 0 aromatic heterocycles. The van der Waals surface area contributed by atoms with E-state index in [0.29, 0.717) is 12.3 Å². The number of carbonyl (C=O) groups is 2. The van der Waals surface area contributed by atoms with Crippen LogP contribution in [0.15, 0.2) is 0 Å². The van der Waals surface area contributed by atoms with Gasteiger partial charge in [0.1, 0.15) is 0 Å². The molecule has 5 aliphatic carbocycles. The van der Waals surface area contributed by atoms with Crippen molar-refractivity contribution in [3.05, 3.63) is 0 Å². The summed E-state index contributed by atoms with van der Waals surface area (Å²) in [6.45, 7) is 2.07. The zero-order chi connectivity index (χ0) is 14.6. The Kier molecular flexibility index (Phi) is 3.05. The van der Waals surface area contributed by atoms with Crippen LogP contribution >= 0.6 is 0 Å². The van der Waals surface area contributed by atoms with E-state index in [1.54, 1.807) is 0 Å². The van der Waals surface area contributed by atoms with Gasteiger partial charge in [-0.05, 0) is 74.0 Å². The molecule has 2 atom stereocenters. The highest BCUT2D eigenvalue weighted by molar-refractivity contribution is 5.85. The van der Waals surface area contributed by atoms with E-state index in [4.69, 9.17) is 0 Å². The van der Waals surface area contributed by atoms with Crippen molar-refractivity contribution in [2.24, 2.45) is 35.0 Å². The zero-order valence-corrected chi connectivity index (χ0v) is 12.9. The van der Waals surface area contributed by atoms with Gasteiger partial charge in [0.05, 0.1) is 0 Å². The van der Waals surface area contributed by atoms with Crippen LogP contribution in [0.1, 0.15) is 58.3 Å². The normalized spacial score (nSPS) is 46.2. The first-order valence-corrected chi connectivity index (χ1v) is 8.62. The Morgan fingerprint density at radius 2 is 1.48 bits per heavy atom. The number of hydrogen-bond acceptors (Lipinski definition) is 2. The second-order valence-corrected chi connectivity index (χ2v) is 8.45. The smallest absolute Gasteiger partial charge is 0.241 e. The van der Waals surface area contributed by atoms with Gasteiger partial charge < -0.3 is 0 Å². The molecular weight excluding hydrogens is 264 g/mol. The number of rotatable bonds is 3. The molecule has 0 heterocycles. The van der Waals surface area contributed by atoms with E-state index < -0.39 is 0 Å². The molecule has 5 rings (SSSR count). The Hall–Kier alpha value is -1.06. The minimum absolute atomic E-state index is 0.0126. The lowest BCUT2D eigenvalue weighted by molar-refractivity contribution is -0.134. The number of nitrogens with one attached hydrogen (secondary N) is 2. The summed E-state index contributed by atoms with van der Waals surface area (Å²) in [6, 6.07) is 0. The predicted octanol–water partition coefficient (Wildman–Crippen LogP) is 2.40. The number of hydrazine groups is 1. The molecule has 0 aromatic carbocycles. The van der Waals surface area contributed by atoms with Gasteiger partial charge >= 0.3 is 0 Å². The van der Waals surface area contributed by atoms with E-state index in [9.17, 15) is 9.59 Å². The first-order valence-electron chi connectivity index (χ1n) is 8.62. The van der Waals surface area contributed by atoms with Crippen molar-refractivity contribution >= 4 is 11.8 Å². The Morgan fingerprint density at radius 1 is 0.952 bits per heavy atom. The fourth-order valence-electron chi connectivity index (χ4n) is 5.80. The van der Waals surface area contributed by atoms with E-state index >= 15 is 0 Å². The molecule has 4 heteroatoms. The molecule has 0 unspecified atom stereocenters. The first-order chi connectivity index (χ1) is 10.0. The summed E-state index contributed by atoms with van der Waals surface area (Å²) in [7, 11) is 0. The Bertz CT molecular complexity index is 438. The first kappa shape index (κ1) is 13.6. The molecule has 0 spiro atoms. The van der Waals surface area contributed by atoms with Crippen LogP contribution in [0.2, 0.25) is 0 Å². The van der Waals surface area contributed by atoms with Crippen molar-refractivity contribution in [1.29, 1.82) is 0 Å². The highest BCUT2D eigenvalue weighted by Gasteiger charge is 2.51. The van der Waals surface area contributed by atoms with Gasteiger partial charge in [0, 0.05) is 12.3 Å². The molecule has 0 aliphatic heterocycles. The maximum Gasteiger partial charge on any atom is 0.241 e. The van der Waals surface area contributed by atoms with Crippen molar-refractivity contribution in [3.8, 4) is 0 Å². The van der Waals surface area contributed by atoms with Gasteiger partial charge in [-0.2, -0.15) is 0 Å². The van der Waals surface area contributed by atoms with Crippen LogP contribution in [0.4, 0.5) is 0 Å². The topological polar surface area (TPSA) is 58.2 Å². The monoisotopic (exact) mass is 290 g/mol. The zero-order valence-electron chi connectivity index (χ0n) is 12.9. The maximum absolute atomic E-state index is 12.2. The lowest BCUT2D eigenvalue weighted by Crippen LogP contribution is -2.50. The molecule has 21 heavy (non-hydrogen) atoms. The summed E-state index contributed by atoms with van der Waals surface area (Å²) in [5.74, 6) is 3.19. The summed E-state index contributed by atoms with van der Waals surface area (Å²) in [6.07, 6.45) is 9.47. The van der Waals surface area contributed by atoms with E-state index in [-0.39, 0.29) is 23.1 Å². The van der Waals surface area contributed by atoms with Crippen molar-refractivity contribution in [2.45, 2.75) is 58.3 Å². The third kappa shape index (κ3) is 2.58. The lowest BCUT2D eigenvalue weighted by Gasteiger charge is -2.56. The van der Waals surface area contributed by atoms with Crippen LogP contribution < -0.4 is 10.9 Å². The number of amides is 2. The second kappa shape index (κ2) is 4.72. The largest absolute Gasteiger partial charge is 0.273 e. The molecule has 116 valence electrons. The SMILES string of the molecule is C[C@H]1C[C@@H]1C(=O)NNC(=O)CC12CC3CC(CC(C3)C1)C2. The van der Waals surface area contributed by atoms with Crippen LogP contribution in [-0.2, 0) is 9.59 Å². The second-order valence-electron chi connectivity index (χ2n) is 8.45. The molecule has 0 radical (unpaired) electrons. The van der Waals surface area contributed by atoms with Gasteiger partial charge in [0.25, 0.3) is 0 Å². The third-order valence-electron chi connectivity index (χ3n) is 6.47. The number of carbonyl (C=O) groups excluding carboxylic acids is 2. The molecule has 2 amide bonds. The summed E-state index contributed by atoms with van der Waals surface area (Å²) in [5, 5.41) is 0. The van der Waals surface area contributed by atoms with E-state index in [2.05, 4.69) is 17.8 Å². The van der Waals surface area contributed by atoms with Crippen molar-refractivity contribution in [1.82, 2.24) is 10.9 Å². The van der Waals surface area contributed by atoms with E-state index in [1.807, 2.05) is 0 Å². The fourth-order valence-corrected chi connectivity index (χ4v) is 5.80. The number of hydrogen-bond donors (Lipinski definition) is 2. The van der Waals surface area contributed by atoms with E-state index in [0.717, 1.165) is 24.2 Å². The van der Waals surface area contributed by atoms with Gasteiger partial charge in [0.2, 0.25) is 11.8 Å². The molecule has 0 aromatic rings. The van der Waals surface area contributed by atoms with Gasteiger partial charge in [0.15, 0.2) is 0 Å². The van der Waals surface area contributed by atoms with Gasteiger partial charge in [-0.3, -0.25) is 20.4 Å². The molecule has 5 fully saturated rings. The van der Waals surface area contributed by atoms with Crippen LogP contribution in [0.5, 0.6) is 0 Å². The third-order valence-corrected chi connectivity index (χ3v) is 6.47. The van der Waals surface area contributed by atoms with E-state index in [1.165, 1.54) is 38.5 Å². The van der Waals surface area contributed by atoms with Crippen LogP contribution in [0.3, 0.4) is 0 Å². The molecule has 0 saturated heterocycles. The van der Waals surface area contributed by atoms with Crippen LogP contribution in [0, 0.1) is 35.0 Å². The average molecular weight is 290 g/mol. The van der Waals surface area contributed by atoms with Gasteiger partial charge in [-0.1, -0.05) is 6.92 Å². The fraction of sp³-hybridized carbons (Fsp3) is 0.882. The van der Waals surface area contributed by atoms with Gasteiger partial charge in [-0.15, -0.1) is 0 Å². The molecule has 5 saturated carbocycles. The Labute approximate surface area is 126 Å². The summed E-state index contributed by atoms with van der Waals surface area (Å²) < 4.78 is 0. The summed E-state index contributed by atoms with van der Waals surface area (Å²) in [4.78, 5) is 24.0. The average Bonchev–Trinajstić information content (AvgIpc) is 3.11. The minimum atomic E-state index is -0.0126. The lowest BCUT2D eigenvalue weighted by atomic mass is 9.49. The van der Waals surface area contributed by atoms with Crippen LogP contribution in [-0.4, -0.2) is 11.8 Å². The standard InChI is InChI=1S/C17H26N2O2/c1-10-2-14(10)16(21)19-18-15(20)9-17-6-11-3-12(7-17)5-13(4-11)8-17/h10-14H,2-9H2,1H3,(H,18,20)(H,19,21)/t10-,11?,12?,13?,14-,17?/m0/s1. The molecule has 2 N–H and O–H groups in total. The Morgan fingerprint density at radius 3 is 1.95 bits per heavy atom. The maximum atomic E-state index is 12.2. The summed E-state index contributed by atoms with van der Waals surface area (Å²) in [5.41, 5.74) is 5.53. The summed E-state index contributed by atoms with van der Waals surface area (Å²) >= 11 is 0. The predicted molar refractivity (Wildman–Crippen MR) is 78.8 cm³/mol. The van der Waals surface area contributed by atoms with Crippen molar-refractivity contribution in [3.63, 3.8) is 0 Å². The highest BCUT2D eigenvalue weighted by atomic mass is 16.2. The Balaban J connectivity index is 1.31. The van der Waals surface area contributed by atoms with Crippen molar-refractivity contribution < 1.29 is 9.59 Å². The molecule has 4 nitrogen and oxygen atoms in total. The van der Waals surface area contributed by atoms with Crippen LogP contribution in [0.25, 0.3) is 0 Å². The molecular formula is C17H26N2O2. The highest BCUT2D eigenvalue weighted by Crippen LogP contribution is 2.61. The molecule has 5 aliphatic rings.